The molecule has 29 heavy (non-hydrogen) atoms. The van der Waals surface area contributed by atoms with E-state index in [2.05, 4.69) is 4.90 Å². The molecule has 0 bridgehead atoms. The number of aromatic nitrogens is 2. The third-order valence-electron chi connectivity index (χ3n) is 5.58. The fourth-order valence-electron chi connectivity index (χ4n) is 3.97. The monoisotopic (exact) mass is 395 g/mol. The molecule has 1 saturated heterocycles. The van der Waals surface area contributed by atoms with Gasteiger partial charge in [-0.3, -0.25) is 4.90 Å². The van der Waals surface area contributed by atoms with E-state index in [1.165, 1.54) is 13.2 Å². The van der Waals surface area contributed by atoms with Crippen LogP contribution in [-0.2, 0) is 6.54 Å². The number of para-hydroxylation sites is 1. The van der Waals surface area contributed by atoms with Gasteiger partial charge in [-0.2, -0.15) is 5.10 Å². The molecule has 0 spiro atoms. The minimum atomic E-state index is -0.360. The minimum Gasteiger partial charge on any atom is -0.497 e. The molecule has 0 saturated carbocycles. The van der Waals surface area contributed by atoms with Crippen LogP contribution in [0, 0.1) is 5.82 Å². The molecule has 0 amide bonds. The Balaban J connectivity index is 1.75. The molecule has 1 aliphatic heterocycles. The molecule has 0 aliphatic carbocycles. The van der Waals surface area contributed by atoms with Crippen LogP contribution in [-0.4, -0.2) is 46.1 Å². The Kier molecular flexibility index (Phi) is 5.92. The van der Waals surface area contributed by atoms with Crippen LogP contribution in [0.1, 0.15) is 24.8 Å². The minimum absolute atomic E-state index is 0.136. The van der Waals surface area contributed by atoms with Gasteiger partial charge in [-0.25, -0.2) is 9.07 Å². The number of benzene rings is 2. The number of aliphatic hydroxyl groups excluding tert-OH is 1. The van der Waals surface area contributed by atoms with Crippen molar-refractivity contribution < 1.29 is 14.2 Å². The van der Waals surface area contributed by atoms with Crippen molar-refractivity contribution in [3.63, 3.8) is 0 Å². The van der Waals surface area contributed by atoms with E-state index in [-0.39, 0.29) is 18.5 Å². The van der Waals surface area contributed by atoms with Crippen LogP contribution in [0.25, 0.3) is 16.9 Å². The smallest absolute Gasteiger partial charge is 0.136 e. The van der Waals surface area contributed by atoms with Crippen molar-refractivity contribution in [3.05, 3.63) is 66.1 Å². The summed E-state index contributed by atoms with van der Waals surface area (Å²) in [5.74, 6) is 0.118. The van der Waals surface area contributed by atoms with Crippen molar-refractivity contribution in [2.75, 3.05) is 20.3 Å². The second-order valence-corrected chi connectivity index (χ2v) is 7.43. The number of halogens is 1. The molecule has 1 atom stereocenters. The van der Waals surface area contributed by atoms with Crippen molar-refractivity contribution in [2.45, 2.75) is 31.8 Å². The van der Waals surface area contributed by atoms with Crippen LogP contribution < -0.4 is 4.74 Å². The lowest BCUT2D eigenvalue weighted by atomic mass is 10.0. The lowest BCUT2D eigenvalue weighted by molar-refractivity contribution is 0.0842. The van der Waals surface area contributed by atoms with Crippen LogP contribution >= 0.6 is 0 Å². The van der Waals surface area contributed by atoms with E-state index in [0.29, 0.717) is 23.6 Å². The summed E-state index contributed by atoms with van der Waals surface area (Å²) < 4.78 is 21.8. The normalized spacial score (nSPS) is 17.4. The van der Waals surface area contributed by atoms with Gasteiger partial charge in [-0.1, -0.05) is 24.6 Å². The summed E-state index contributed by atoms with van der Waals surface area (Å²) in [5.41, 5.74) is 2.94. The maximum absolute atomic E-state index is 14.9. The summed E-state index contributed by atoms with van der Waals surface area (Å²) in [4.78, 5) is 2.28. The average molecular weight is 395 g/mol. The van der Waals surface area contributed by atoms with Gasteiger partial charge >= 0.3 is 0 Å². The van der Waals surface area contributed by atoms with E-state index in [1.807, 2.05) is 36.5 Å². The maximum Gasteiger partial charge on any atom is 0.136 e. The molecule has 1 N–H and O–H groups in total. The van der Waals surface area contributed by atoms with E-state index in [0.717, 1.165) is 37.1 Å². The quantitative estimate of drug-likeness (QED) is 0.685. The molecule has 152 valence electrons. The molecule has 1 aromatic heterocycles. The number of hydrogen-bond donors (Lipinski definition) is 1. The van der Waals surface area contributed by atoms with Crippen LogP contribution in [0.15, 0.2) is 54.7 Å². The summed E-state index contributed by atoms with van der Waals surface area (Å²) in [6, 6.07) is 14.8. The number of nitrogens with zero attached hydrogens (tertiary/aromatic N) is 3. The Hall–Kier alpha value is -2.70. The number of hydrogen-bond acceptors (Lipinski definition) is 4. The fourth-order valence-corrected chi connectivity index (χ4v) is 3.97. The first-order valence-electron chi connectivity index (χ1n) is 10.0. The molecule has 1 fully saturated rings. The lowest BCUT2D eigenvalue weighted by Gasteiger charge is -2.34. The van der Waals surface area contributed by atoms with E-state index in [1.54, 1.807) is 16.8 Å². The zero-order chi connectivity index (χ0) is 20.2. The Morgan fingerprint density at radius 2 is 2.00 bits per heavy atom. The fraction of sp³-hybridized carbons (Fsp3) is 0.348. The number of methoxy groups -OCH3 is 1. The maximum atomic E-state index is 14.9. The van der Waals surface area contributed by atoms with Gasteiger partial charge in [-0.05, 0) is 43.7 Å². The molecule has 6 heteroatoms. The molecule has 3 aromatic rings. The number of piperidine rings is 1. The predicted molar refractivity (Wildman–Crippen MR) is 111 cm³/mol. The Morgan fingerprint density at radius 1 is 1.17 bits per heavy atom. The zero-order valence-corrected chi connectivity index (χ0v) is 16.6. The van der Waals surface area contributed by atoms with E-state index < -0.39 is 0 Å². The predicted octanol–water partition coefficient (Wildman–Crippen LogP) is 4.03. The Bertz CT molecular complexity index is 958. The molecule has 2 heterocycles. The Labute approximate surface area is 170 Å². The zero-order valence-electron chi connectivity index (χ0n) is 16.6. The standard InChI is InChI=1S/C23H26FN3O2/c1-29-20-10-11-21(22(24)13-20)23-17(14-26-12-6-5-9-19(26)16-28)15-27(25-23)18-7-3-2-4-8-18/h2-4,7-8,10-11,13,15,19,28H,5-6,9,12,14,16H2,1H3. The highest BCUT2D eigenvalue weighted by atomic mass is 19.1. The van der Waals surface area contributed by atoms with Gasteiger partial charge in [0.15, 0.2) is 0 Å². The van der Waals surface area contributed by atoms with Gasteiger partial charge in [0.05, 0.1) is 19.4 Å². The van der Waals surface area contributed by atoms with E-state index >= 15 is 0 Å². The van der Waals surface area contributed by atoms with Crippen LogP contribution in [0.4, 0.5) is 4.39 Å². The highest BCUT2D eigenvalue weighted by Gasteiger charge is 2.25. The van der Waals surface area contributed by atoms with Gasteiger partial charge in [-0.15, -0.1) is 0 Å². The number of rotatable bonds is 6. The van der Waals surface area contributed by atoms with Crippen LogP contribution in [0.3, 0.4) is 0 Å². The van der Waals surface area contributed by atoms with Crippen molar-refractivity contribution >= 4 is 0 Å². The number of likely N-dealkylation sites (tertiary alicyclic amines) is 1. The number of aliphatic hydroxyl groups is 1. The molecule has 4 rings (SSSR count). The van der Waals surface area contributed by atoms with Gasteiger partial charge in [0, 0.05) is 36.0 Å². The highest BCUT2D eigenvalue weighted by Crippen LogP contribution is 2.31. The SMILES string of the molecule is COc1ccc(-c2nn(-c3ccccc3)cc2CN2CCCCC2CO)c(F)c1. The Morgan fingerprint density at radius 3 is 2.72 bits per heavy atom. The van der Waals surface area contributed by atoms with Crippen LogP contribution in [0.2, 0.25) is 0 Å². The van der Waals surface area contributed by atoms with Crippen molar-refractivity contribution in [1.29, 1.82) is 0 Å². The molecule has 0 radical (unpaired) electrons. The summed E-state index contributed by atoms with van der Waals surface area (Å²) in [6.07, 6.45) is 5.19. The topological polar surface area (TPSA) is 50.5 Å². The molecular formula is C23H26FN3O2. The lowest BCUT2D eigenvalue weighted by Crippen LogP contribution is -2.41. The van der Waals surface area contributed by atoms with Gasteiger partial charge in [0.1, 0.15) is 17.3 Å². The van der Waals surface area contributed by atoms with Crippen molar-refractivity contribution in [1.82, 2.24) is 14.7 Å². The van der Waals surface area contributed by atoms with E-state index in [9.17, 15) is 9.50 Å². The van der Waals surface area contributed by atoms with Gasteiger partial charge in [0.2, 0.25) is 0 Å². The molecule has 2 aromatic carbocycles. The first-order chi connectivity index (χ1) is 14.2. The second-order valence-electron chi connectivity index (χ2n) is 7.43. The average Bonchev–Trinajstić information content (AvgIpc) is 3.18. The summed E-state index contributed by atoms with van der Waals surface area (Å²) >= 11 is 0. The van der Waals surface area contributed by atoms with Crippen LogP contribution in [0.5, 0.6) is 5.75 Å². The molecular weight excluding hydrogens is 369 g/mol. The van der Waals surface area contributed by atoms with Crippen molar-refractivity contribution in [3.8, 4) is 22.7 Å². The third kappa shape index (κ3) is 4.18. The van der Waals surface area contributed by atoms with E-state index in [4.69, 9.17) is 9.84 Å². The van der Waals surface area contributed by atoms with Gasteiger partial charge < -0.3 is 9.84 Å². The van der Waals surface area contributed by atoms with Crippen molar-refractivity contribution in [2.24, 2.45) is 0 Å². The molecule has 5 nitrogen and oxygen atoms in total. The van der Waals surface area contributed by atoms with Gasteiger partial charge in [0.25, 0.3) is 0 Å². The second kappa shape index (κ2) is 8.76. The highest BCUT2D eigenvalue weighted by molar-refractivity contribution is 5.65. The first kappa shape index (κ1) is 19.6. The third-order valence-corrected chi connectivity index (χ3v) is 5.58. The number of ether oxygens (including phenoxy) is 1. The first-order valence-corrected chi connectivity index (χ1v) is 10.0. The summed E-state index contributed by atoms with van der Waals surface area (Å²) in [7, 11) is 1.52. The summed E-state index contributed by atoms with van der Waals surface area (Å²) in [6.45, 7) is 1.68. The molecule has 1 unspecified atom stereocenters. The summed E-state index contributed by atoms with van der Waals surface area (Å²) in [5, 5.41) is 14.5. The largest absolute Gasteiger partial charge is 0.497 e. The molecule has 1 aliphatic rings.